The minimum Gasteiger partial charge on any atom is -0.490 e. The van der Waals surface area contributed by atoms with Crippen molar-refractivity contribution >= 4 is 22.9 Å². The van der Waals surface area contributed by atoms with Gasteiger partial charge in [-0.3, -0.25) is 4.79 Å². The molecule has 1 N–H and O–H groups in total. The Morgan fingerprint density at radius 3 is 2.53 bits per heavy atom. The Balaban J connectivity index is 1.40. The molecule has 0 unspecified atom stereocenters. The number of benzene rings is 4. The van der Waals surface area contributed by atoms with Gasteiger partial charge < -0.3 is 9.47 Å². The molecule has 0 aliphatic heterocycles. The maximum absolute atomic E-state index is 12.2. The molecule has 0 saturated heterocycles. The number of hydrogen-bond donors (Lipinski definition) is 1. The molecule has 0 aliphatic rings. The van der Waals surface area contributed by atoms with E-state index in [0.29, 0.717) is 24.7 Å². The zero-order valence-electron chi connectivity index (χ0n) is 19.5. The molecule has 0 radical (unpaired) electrons. The monoisotopic (exact) mass is 452 g/mol. The standard InChI is InChI=1S/C29H28N2O3/c1-3-33-28-17-23(19-30-31-29(32)18-22-13-11-21(2)12-14-22)15-16-27(28)34-20-25-9-6-8-24-7-4-5-10-26(24)25/h4-17,19H,3,18,20H2,1-2H3,(H,31,32)/b30-19+. The van der Waals surface area contributed by atoms with Crippen molar-refractivity contribution in [3.63, 3.8) is 0 Å². The van der Waals surface area contributed by atoms with Crippen LogP contribution in [0.2, 0.25) is 0 Å². The van der Waals surface area contributed by atoms with E-state index in [0.717, 1.165) is 22.3 Å². The average molecular weight is 453 g/mol. The molecule has 4 aromatic rings. The molecule has 4 rings (SSSR count). The van der Waals surface area contributed by atoms with Gasteiger partial charge in [-0.15, -0.1) is 0 Å². The highest BCUT2D eigenvalue weighted by molar-refractivity contribution is 5.86. The van der Waals surface area contributed by atoms with Crippen LogP contribution in [0, 0.1) is 6.92 Å². The molecule has 0 aliphatic carbocycles. The lowest BCUT2D eigenvalue weighted by molar-refractivity contribution is -0.120. The normalized spacial score (nSPS) is 11.0. The fourth-order valence-electron chi connectivity index (χ4n) is 3.68. The summed E-state index contributed by atoms with van der Waals surface area (Å²) < 4.78 is 11.9. The van der Waals surface area contributed by atoms with Crippen LogP contribution in [0.15, 0.2) is 90.0 Å². The maximum Gasteiger partial charge on any atom is 0.244 e. The Morgan fingerprint density at radius 1 is 0.912 bits per heavy atom. The Labute approximate surface area is 200 Å². The minimum atomic E-state index is -0.167. The van der Waals surface area contributed by atoms with E-state index in [2.05, 4.69) is 34.8 Å². The summed E-state index contributed by atoms with van der Waals surface area (Å²) in [5, 5.41) is 6.45. The molecular formula is C29H28N2O3. The molecule has 5 heteroatoms. The number of nitrogens with one attached hydrogen (secondary N) is 1. The van der Waals surface area contributed by atoms with Crippen LogP contribution in [-0.2, 0) is 17.8 Å². The highest BCUT2D eigenvalue weighted by Crippen LogP contribution is 2.30. The number of rotatable bonds is 9. The van der Waals surface area contributed by atoms with E-state index in [1.54, 1.807) is 6.21 Å². The van der Waals surface area contributed by atoms with Gasteiger partial charge in [-0.1, -0.05) is 72.3 Å². The highest BCUT2D eigenvalue weighted by Gasteiger charge is 2.08. The van der Waals surface area contributed by atoms with Crippen LogP contribution in [0.1, 0.15) is 29.2 Å². The van der Waals surface area contributed by atoms with E-state index >= 15 is 0 Å². The first kappa shape index (κ1) is 23.1. The molecule has 4 aromatic carbocycles. The quantitative estimate of drug-likeness (QED) is 0.257. The number of nitrogens with zero attached hydrogens (tertiary/aromatic N) is 1. The second kappa shape index (κ2) is 11.1. The van der Waals surface area contributed by atoms with E-state index in [4.69, 9.17) is 9.47 Å². The molecule has 0 atom stereocenters. The zero-order valence-corrected chi connectivity index (χ0v) is 19.5. The summed E-state index contributed by atoms with van der Waals surface area (Å²) in [6.45, 7) is 4.90. The van der Waals surface area contributed by atoms with E-state index in [1.165, 1.54) is 10.8 Å². The molecule has 0 fully saturated rings. The van der Waals surface area contributed by atoms with Crippen molar-refractivity contribution < 1.29 is 14.3 Å². The molecule has 0 saturated carbocycles. The van der Waals surface area contributed by atoms with Crippen molar-refractivity contribution in [2.75, 3.05) is 6.61 Å². The lowest BCUT2D eigenvalue weighted by atomic mass is 10.1. The summed E-state index contributed by atoms with van der Waals surface area (Å²) in [4.78, 5) is 12.2. The molecule has 34 heavy (non-hydrogen) atoms. The zero-order chi connectivity index (χ0) is 23.8. The first-order valence-corrected chi connectivity index (χ1v) is 11.4. The molecule has 0 spiro atoms. The first-order valence-electron chi connectivity index (χ1n) is 11.4. The van der Waals surface area contributed by atoms with Gasteiger partial charge in [-0.25, -0.2) is 5.43 Å². The van der Waals surface area contributed by atoms with Crippen LogP contribution < -0.4 is 14.9 Å². The van der Waals surface area contributed by atoms with Crippen LogP contribution in [-0.4, -0.2) is 18.7 Å². The van der Waals surface area contributed by atoms with Gasteiger partial charge in [0.25, 0.3) is 0 Å². The molecule has 5 nitrogen and oxygen atoms in total. The number of carbonyl (C=O) groups excluding carboxylic acids is 1. The number of hydrogen-bond acceptors (Lipinski definition) is 4. The summed E-state index contributed by atoms with van der Waals surface area (Å²) in [5.74, 6) is 1.13. The molecule has 1 amide bonds. The molecule has 172 valence electrons. The van der Waals surface area contributed by atoms with Crippen molar-refractivity contribution in [2.24, 2.45) is 5.10 Å². The van der Waals surface area contributed by atoms with Crippen LogP contribution >= 0.6 is 0 Å². The number of hydrazone groups is 1. The van der Waals surface area contributed by atoms with Gasteiger partial charge in [-0.05, 0) is 59.5 Å². The maximum atomic E-state index is 12.2. The van der Waals surface area contributed by atoms with Crippen molar-refractivity contribution in [3.8, 4) is 11.5 Å². The minimum absolute atomic E-state index is 0.167. The van der Waals surface area contributed by atoms with Gasteiger partial charge in [0.2, 0.25) is 5.91 Å². The Hall–Kier alpha value is -4.12. The second-order valence-electron chi connectivity index (χ2n) is 8.02. The third-order valence-corrected chi connectivity index (χ3v) is 5.42. The van der Waals surface area contributed by atoms with Crippen LogP contribution in [0.4, 0.5) is 0 Å². The van der Waals surface area contributed by atoms with Gasteiger partial charge in [0.1, 0.15) is 6.61 Å². The fraction of sp³-hybridized carbons (Fsp3) is 0.172. The Bertz CT molecular complexity index is 1290. The molecule has 0 aromatic heterocycles. The first-order chi connectivity index (χ1) is 16.6. The SMILES string of the molecule is CCOc1cc(/C=N/NC(=O)Cc2ccc(C)cc2)ccc1OCc1cccc2ccccc12. The third kappa shape index (κ3) is 6.01. The van der Waals surface area contributed by atoms with Gasteiger partial charge >= 0.3 is 0 Å². The summed E-state index contributed by atoms with van der Waals surface area (Å²) in [6, 6.07) is 28.0. The van der Waals surface area contributed by atoms with E-state index in [9.17, 15) is 4.79 Å². The van der Waals surface area contributed by atoms with E-state index in [1.807, 2.05) is 74.5 Å². The van der Waals surface area contributed by atoms with Crippen molar-refractivity contribution in [1.82, 2.24) is 5.43 Å². The van der Waals surface area contributed by atoms with E-state index in [-0.39, 0.29) is 12.3 Å². The van der Waals surface area contributed by atoms with Crippen molar-refractivity contribution in [1.29, 1.82) is 0 Å². The number of carbonyl (C=O) groups is 1. The smallest absolute Gasteiger partial charge is 0.244 e. The van der Waals surface area contributed by atoms with Gasteiger partial charge in [0.15, 0.2) is 11.5 Å². The molecule has 0 bridgehead atoms. The lowest BCUT2D eigenvalue weighted by Crippen LogP contribution is -2.19. The van der Waals surface area contributed by atoms with Crippen molar-refractivity contribution in [2.45, 2.75) is 26.9 Å². The number of fused-ring (bicyclic) bond motifs is 1. The Morgan fingerprint density at radius 2 is 1.71 bits per heavy atom. The second-order valence-corrected chi connectivity index (χ2v) is 8.02. The van der Waals surface area contributed by atoms with Gasteiger partial charge in [0, 0.05) is 0 Å². The average Bonchev–Trinajstić information content (AvgIpc) is 2.85. The summed E-state index contributed by atoms with van der Waals surface area (Å²) in [5.41, 5.74) is 6.61. The van der Waals surface area contributed by atoms with Gasteiger partial charge in [0.05, 0.1) is 19.2 Å². The number of aryl methyl sites for hydroxylation is 1. The van der Waals surface area contributed by atoms with Crippen molar-refractivity contribution in [3.05, 3.63) is 107 Å². The fourth-order valence-corrected chi connectivity index (χ4v) is 3.68. The van der Waals surface area contributed by atoms with Crippen LogP contribution in [0.25, 0.3) is 10.8 Å². The number of ether oxygens (including phenoxy) is 2. The van der Waals surface area contributed by atoms with E-state index < -0.39 is 0 Å². The largest absolute Gasteiger partial charge is 0.490 e. The third-order valence-electron chi connectivity index (χ3n) is 5.42. The predicted molar refractivity (Wildman–Crippen MR) is 137 cm³/mol. The molecule has 0 heterocycles. The molecular weight excluding hydrogens is 424 g/mol. The van der Waals surface area contributed by atoms with Gasteiger partial charge in [-0.2, -0.15) is 5.10 Å². The topological polar surface area (TPSA) is 59.9 Å². The number of amides is 1. The summed E-state index contributed by atoms with van der Waals surface area (Å²) in [6.07, 6.45) is 1.88. The Kier molecular flexibility index (Phi) is 7.56. The summed E-state index contributed by atoms with van der Waals surface area (Å²) >= 11 is 0. The highest BCUT2D eigenvalue weighted by atomic mass is 16.5. The van der Waals surface area contributed by atoms with Crippen LogP contribution in [0.5, 0.6) is 11.5 Å². The predicted octanol–water partition coefficient (Wildman–Crippen LogP) is 5.82. The van der Waals surface area contributed by atoms with Crippen LogP contribution in [0.3, 0.4) is 0 Å². The lowest BCUT2D eigenvalue weighted by Gasteiger charge is -2.13. The summed E-state index contributed by atoms with van der Waals surface area (Å²) in [7, 11) is 0.